The first kappa shape index (κ1) is 34.6. The van der Waals surface area contributed by atoms with E-state index in [0.717, 1.165) is 11.1 Å². The summed E-state index contributed by atoms with van der Waals surface area (Å²) in [6.45, 7) is 1.86. The quantitative estimate of drug-likeness (QED) is 0.199. The first-order valence-electron chi connectivity index (χ1n) is 14.7. The van der Waals surface area contributed by atoms with E-state index in [-0.39, 0.29) is 29.4 Å². The zero-order chi connectivity index (χ0) is 32.2. The highest BCUT2D eigenvalue weighted by Crippen LogP contribution is 2.50. The van der Waals surface area contributed by atoms with E-state index >= 15 is 0 Å². The summed E-state index contributed by atoms with van der Waals surface area (Å²) in [5.74, 6) is 0.805. The number of aryl methyl sites for hydroxylation is 1. The van der Waals surface area contributed by atoms with Crippen LogP contribution in [-0.2, 0) is 20.8 Å². The van der Waals surface area contributed by atoms with Gasteiger partial charge in [-0.3, -0.25) is 19.2 Å². The van der Waals surface area contributed by atoms with E-state index in [9.17, 15) is 19.2 Å². The van der Waals surface area contributed by atoms with Crippen molar-refractivity contribution >= 4 is 35.2 Å². The first-order valence-corrected chi connectivity index (χ1v) is 16.1. The molecule has 44 heavy (non-hydrogen) atoms. The number of nitrogens with one attached hydrogen (secondary N) is 3. The predicted molar refractivity (Wildman–Crippen MR) is 172 cm³/mol. The van der Waals surface area contributed by atoms with Crippen LogP contribution < -0.4 is 35.6 Å². The fourth-order valence-corrected chi connectivity index (χ4v) is 5.90. The molecule has 4 N–H and O–H groups in total. The molecule has 0 saturated heterocycles. The predicted octanol–water partition coefficient (Wildman–Crippen LogP) is 4.16. The smallest absolute Gasteiger partial charge is 0.303 e. The van der Waals surface area contributed by atoms with E-state index in [1.54, 1.807) is 32.0 Å². The number of carbonyl (C=O) groups is 3. The molecule has 0 fully saturated rings. The summed E-state index contributed by atoms with van der Waals surface area (Å²) in [5, 5.41) is 17.9. The van der Waals surface area contributed by atoms with Gasteiger partial charge in [0.1, 0.15) is 6.04 Å². The van der Waals surface area contributed by atoms with Gasteiger partial charge in [0.2, 0.25) is 23.0 Å². The lowest BCUT2D eigenvalue weighted by molar-refractivity contribution is -0.137. The third-order valence-corrected chi connectivity index (χ3v) is 8.18. The molecule has 0 saturated carbocycles. The fraction of sp³-hybridized carbons (Fsp3) is 0.500. The van der Waals surface area contributed by atoms with Crippen molar-refractivity contribution in [2.24, 2.45) is 0 Å². The molecule has 0 bridgehead atoms. The number of hydrogen-bond acceptors (Lipinski definition) is 9. The van der Waals surface area contributed by atoms with Gasteiger partial charge >= 0.3 is 5.97 Å². The van der Waals surface area contributed by atoms with Crippen molar-refractivity contribution in [2.75, 3.05) is 45.2 Å². The summed E-state index contributed by atoms with van der Waals surface area (Å²) in [6, 6.07) is 5.80. The number of thioether (sulfide) groups is 1. The van der Waals surface area contributed by atoms with E-state index in [0.29, 0.717) is 79.2 Å². The van der Waals surface area contributed by atoms with Crippen LogP contribution in [0, 0.1) is 0 Å². The number of amides is 2. The average molecular weight is 630 g/mol. The lowest BCUT2D eigenvalue weighted by Gasteiger charge is -2.19. The molecule has 0 unspecified atom stereocenters. The Morgan fingerprint density at radius 1 is 1.05 bits per heavy atom. The van der Waals surface area contributed by atoms with Gasteiger partial charge in [0.25, 0.3) is 0 Å². The lowest BCUT2D eigenvalue weighted by Crippen LogP contribution is -2.41. The maximum Gasteiger partial charge on any atom is 0.303 e. The van der Waals surface area contributed by atoms with Crippen molar-refractivity contribution in [3.05, 3.63) is 45.6 Å². The molecule has 11 nitrogen and oxygen atoms in total. The molecule has 2 atom stereocenters. The standard InChI is InChI=1S/C32H43N3O8S/c1-19(36)34-23-12-10-20-17-27(41-2)30(42-3)31(43-4)29(20)21-11-13-24(26(37)18-22(21)23)35-25(14-16-44-5)32(40)33-15-8-6-7-9-28(38)39/h11,13,17-18,23,25H,6-10,12,14-16H2,1-5H3,(H,33,40)(H,34,36)(H,35,37)(H,38,39)/t23-,25-/m1/s1. The van der Waals surface area contributed by atoms with Crippen LogP contribution in [0.15, 0.2) is 29.1 Å². The Bertz CT molecular complexity index is 1400. The number of carbonyl (C=O) groups excluding carboxylic acids is 2. The fourth-order valence-electron chi connectivity index (χ4n) is 5.43. The number of carboxylic acids is 1. The molecule has 2 aromatic carbocycles. The van der Waals surface area contributed by atoms with Crippen LogP contribution in [0.4, 0.5) is 5.69 Å². The van der Waals surface area contributed by atoms with Crippen molar-refractivity contribution in [2.45, 2.75) is 64.0 Å². The Balaban J connectivity index is 2.03. The Morgan fingerprint density at radius 2 is 1.80 bits per heavy atom. The van der Waals surface area contributed by atoms with Gasteiger partial charge in [-0.25, -0.2) is 0 Å². The monoisotopic (exact) mass is 629 g/mol. The van der Waals surface area contributed by atoms with Gasteiger partial charge in [0.15, 0.2) is 11.5 Å². The zero-order valence-corrected chi connectivity index (χ0v) is 26.9. The van der Waals surface area contributed by atoms with E-state index in [1.165, 1.54) is 20.1 Å². The normalized spacial score (nSPS) is 14.2. The van der Waals surface area contributed by atoms with Crippen LogP contribution in [0.3, 0.4) is 0 Å². The summed E-state index contributed by atoms with van der Waals surface area (Å²) in [7, 11) is 4.63. The second-order valence-corrected chi connectivity index (χ2v) is 11.6. The van der Waals surface area contributed by atoms with E-state index in [4.69, 9.17) is 19.3 Å². The average Bonchev–Trinajstić information content (AvgIpc) is 3.23. The molecule has 1 aliphatic rings. The second-order valence-electron chi connectivity index (χ2n) is 10.6. The summed E-state index contributed by atoms with van der Waals surface area (Å²) in [6.07, 6.45) is 5.57. The van der Waals surface area contributed by atoms with Gasteiger partial charge in [-0.1, -0.05) is 12.5 Å². The number of fused-ring (bicyclic) bond motifs is 3. The van der Waals surface area contributed by atoms with Gasteiger partial charge in [0.05, 0.1) is 33.1 Å². The minimum Gasteiger partial charge on any atom is -0.493 e. The number of benzene rings is 1. The molecular weight excluding hydrogens is 586 g/mol. The third-order valence-electron chi connectivity index (χ3n) is 7.54. The molecule has 0 spiro atoms. The molecule has 3 rings (SSSR count). The molecule has 0 aromatic heterocycles. The van der Waals surface area contributed by atoms with Crippen LogP contribution in [0.5, 0.6) is 17.2 Å². The minimum absolute atomic E-state index is 0.104. The van der Waals surface area contributed by atoms with Gasteiger partial charge in [-0.2, -0.15) is 11.8 Å². The van der Waals surface area contributed by atoms with Gasteiger partial charge in [-0.15, -0.1) is 0 Å². The summed E-state index contributed by atoms with van der Waals surface area (Å²) in [4.78, 5) is 49.8. The maximum atomic E-state index is 13.7. The zero-order valence-electron chi connectivity index (χ0n) is 26.0. The minimum atomic E-state index is -0.832. The SMILES string of the molecule is COc1cc2c(c(OC)c1OC)-c1ccc(N[C@H](CCSC)C(=O)NCCCCCC(=O)O)c(=O)cc1[C@H](NC(C)=O)CC2. The van der Waals surface area contributed by atoms with Crippen molar-refractivity contribution < 1.29 is 33.7 Å². The molecule has 0 radical (unpaired) electrons. The van der Waals surface area contributed by atoms with E-state index in [1.807, 2.05) is 18.4 Å². The topological polar surface area (TPSA) is 152 Å². The number of anilines is 1. The molecular formula is C32H43N3O8S. The largest absolute Gasteiger partial charge is 0.493 e. The van der Waals surface area contributed by atoms with Crippen molar-refractivity contribution in [3.63, 3.8) is 0 Å². The van der Waals surface area contributed by atoms with E-state index < -0.39 is 18.1 Å². The molecule has 1 aliphatic carbocycles. The molecule has 2 amide bonds. The van der Waals surface area contributed by atoms with Crippen molar-refractivity contribution in [1.82, 2.24) is 10.6 Å². The summed E-state index contributed by atoms with van der Waals surface area (Å²) < 4.78 is 17.1. The molecule has 0 heterocycles. The number of methoxy groups -OCH3 is 3. The Kier molecular flexibility index (Phi) is 13.2. The highest BCUT2D eigenvalue weighted by molar-refractivity contribution is 7.98. The summed E-state index contributed by atoms with van der Waals surface area (Å²) >= 11 is 1.60. The van der Waals surface area contributed by atoms with Crippen LogP contribution in [0.25, 0.3) is 11.1 Å². The molecule has 240 valence electrons. The number of unbranched alkanes of at least 4 members (excludes halogenated alkanes) is 2. The van der Waals surface area contributed by atoms with Crippen molar-refractivity contribution in [3.8, 4) is 28.4 Å². The molecule has 0 aliphatic heterocycles. The first-order chi connectivity index (χ1) is 21.1. The van der Waals surface area contributed by atoms with Crippen LogP contribution in [-0.4, -0.2) is 68.8 Å². The maximum absolute atomic E-state index is 13.7. The van der Waals surface area contributed by atoms with Crippen LogP contribution in [0.2, 0.25) is 0 Å². The number of carboxylic acid groups (broad SMARTS) is 1. The highest BCUT2D eigenvalue weighted by Gasteiger charge is 2.30. The van der Waals surface area contributed by atoms with E-state index in [2.05, 4.69) is 16.0 Å². The third kappa shape index (κ3) is 8.81. The van der Waals surface area contributed by atoms with Gasteiger partial charge in [0, 0.05) is 25.5 Å². The van der Waals surface area contributed by atoms with Gasteiger partial charge in [-0.05, 0) is 79.0 Å². The van der Waals surface area contributed by atoms with Crippen LogP contribution in [0.1, 0.15) is 62.6 Å². The highest BCUT2D eigenvalue weighted by atomic mass is 32.2. The number of aliphatic carboxylic acids is 1. The van der Waals surface area contributed by atoms with Gasteiger partial charge < -0.3 is 35.3 Å². The summed E-state index contributed by atoms with van der Waals surface area (Å²) in [5.41, 5.74) is 2.93. The Morgan fingerprint density at radius 3 is 2.43 bits per heavy atom. The van der Waals surface area contributed by atoms with Crippen LogP contribution >= 0.6 is 11.8 Å². The van der Waals surface area contributed by atoms with Crippen molar-refractivity contribution in [1.29, 1.82) is 0 Å². The second kappa shape index (κ2) is 16.8. The Hall–Kier alpha value is -3.93. The molecule has 2 aromatic rings. The number of ether oxygens (including phenoxy) is 3. The number of rotatable bonds is 16. The lowest BCUT2D eigenvalue weighted by atomic mass is 9.95. The Labute approximate surface area is 262 Å². The number of hydrogen-bond donors (Lipinski definition) is 4. The molecule has 12 heteroatoms.